The van der Waals surface area contributed by atoms with Gasteiger partial charge >= 0.3 is 0 Å². The minimum atomic E-state index is -3.30. The number of alkyl halides is 1. The molecule has 0 N–H and O–H groups in total. The van der Waals surface area contributed by atoms with Crippen LogP contribution in [0.1, 0.15) is 24.6 Å². The van der Waals surface area contributed by atoms with Crippen LogP contribution in [-0.4, -0.2) is 25.8 Å². The highest BCUT2D eigenvalue weighted by Gasteiger charge is 2.31. The fraction of sp³-hybridized carbons (Fsp3) is 0.636. The van der Waals surface area contributed by atoms with Crippen LogP contribution in [0.4, 0.5) is 0 Å². The molecule has 0 aromatic carbocycles. The van der Waals surface area contributed by atoms with Crippen LogP contribution in [-0.2, 0) is 15.9 Å². The van der Waals surface area contributed by atoms with Gasteiger partial charge in [-0.3, -0.25) is 0 Å². The number of halogens is 1. The molecule has 2 rings (SSSR count). The molecule has 6 heteroatoms. The van der Waals surface area contributed by atoms with Crippen LogP contribution in [0.3, 0.4) is 0 Å². The Morgan fingerprint density at radius 1 is 1.47 bits per heavy atom. The highest BCUT2D eigenvalue weighted by Crippen LogP contribution is 2.33. The molecular formula is C11H16ClNO2S2. The molecule has 0 spiro atoms. The number of hydrogen-bond acceptors (Lipinski definition) is 3. The Morgan fingerprint density at radius 2 is 2.18 bits per heavy atom. The summed E-state index contributed by atoms with van der Waals surface area (Å²) < 4.78 is 26.7. The Bertz CT molecular complexity index is 479. The topological polar surface area (TPSA) is 37.4 Å². The third kappa shape index (κ3) is 3.02. The second-order valence-electron chi connectivity index (χ2n) is 4.25. The summed E-state index contributed by atoms with van der Waals surface area (Å²) in [5.41, 5.74) is 0. The van der Waals surface area contributed by atoms with Crippen molar-refractivity contribution in [1.29, 1.82) is 0 Å². The second-order valence-corrected chi connectivity index (χ2v) is 7.85. The molecule has 0 saturated heterocycles. The lowest BCUT2D eigenvalue weighted by Gasteiger charge is -2.19. The lowest BCUT2D eigenvalue weighted by Crippen LogP contribution is -2.32. The van der Waals surface area contributed by atoms with E-state index < -0.39 is 10.0 Å². The summed E-state index contributed by atoms with van der Waals surface area (Å²) >= 11 is 6.97. The third-order valence-electron chi connectivity index (χ3n) is 2.87. The Morgan fingerprint density at radius 3 is 2.65 bits per heavy atom. The molecular weight excluding hydrogens is 278 g/mol. The van der Waals surface area contributed by atoms with Gasteiger partial charge in [0.05, 0.1) is 5.88 Å². The van der Waals surface area contributed by atoms with E-state index in [0.717, 1.165) is 17.7 Å². The van der Waals surface area contributed by atoms with Gasteiger partial charge in [0.25, 0.3) is 10.0 Å². The number of rotatable bonds is 6. The van der Waals surface area contributed by atoms with Crippen LogP contribution in [0.5, 0.6) is 0 Å². The molecule has 0 amide bonds. The van der Waals surface area contributed by atoms with Gasteiger partial charge in [-0.15, -0.1) is 22.9 Å². The van der Waals surface area contributed by atoms with Crippen molar-refractivity contribution < 1.29 is 8.42 Å². The van der Waals surface area contributed by atoms with E-state index in [2.05, 4.69) is 0 Å². The standard InChI is InChI=1S/C11H16ClNO2S2/c1-2-13(8-9-3-4-9)17(14,15)11-6-5-10(7-12)16-11/h5-6,9H,2-4,7-8H2,1H3. The first-order valence-electron chi connectivity index (χ1n) is 5.72. The first kappa shape index (κ1) is 13.3. The Hall–Kier alpha value is -0.100. The van der Waals surface area contributed by atoms with E-state index in [9.17, 15) is 8.42 Å². The number of hydrogen-bond donors (Lipinski definition) is 0. The molecule has 1 aliphatic carbocycles. The van der Waals surface area contributed by atoms with Gasteiger partial charge in [0.2, 0.25) is 0 Å². The first-order chi connectivity index (χ1) is 8.07. The molecule has 0 aliphatic heterocycles. The Kier molecular flexibility index (Phi) is 4.13. The molecule has 1 saturated carbocycles. The fourth-order valence-electron chi connectivity index (χ4n) is 1.68. The van der Waals surface area contributed by atoms with E-state index in [1.807, 2.05) is 6.92 Å². The molecule has 0 unspecified atom stereocenters. The van der Waals surface area contributed by atoms with E-state index in [-0.39, 0.29) is 0 Å². The van der Waals surface area contributed by atoms with Crippen LogP contribution in [0.2, 0.25) is 0 Å². The predicted molar refractivity (Wildman–Crippen MR) is 71.0 cm³/mol. The molecule has 1 aromatic heterocycles. The maximum Gasteiger partial charge on any atom is 0.252 e. The van der Waals surface area contributed by atoms with Crippen LogP contribution in [0, 0.1) is 5.92 Å². The average molecular weight is 294 g/mol. The minimum Gasteiger partial charge on any atom is -0.206 e. The monoisotopic (exact) mass is 293 g/mol. The van der Waals surface area contributed by atoms with Crippen molar-refractivity contribution in [2.24, 2.45) is 5.92 Å². The zero-order valence-electron chi connectivity index (χ0n) is 9.73. The van der Waals surface area contributed by atoms with E-state index in [1.54, 1.807) is 16.4 Å². The van der Waals surface area contributed by atoms with Gasteiger partial charge in [-0.1, -0.05) is 6.92 Å². The number of sulfonamides is 1. The summed E-state index contributed by atoms with van der Waals surface area (Å²) in [4.78, 5) is 0.896. The van der Waals surface area contributed by atoms with Crippen molar-refractivity contribution in [2.45, 2.75) is 29.9 Å². The van der Waals surface area contributed by atoms with Crippen LogP contribution < -0.4 is 0 Å². The zero-order valence-corrected chi connectivity index (χ0v) is 12.1. The van der Waals surface area contributed by atoms with Gasteiger partial charge < -0.3 is 0 Å². The summed E-state index contributed by atoms with van der Waals surface area (Å²) in [5, 5.41) is 0. The summed E-state index contributed by atoms with van der Waals surface area (Å²) in [6.07, 6.45) is 2.31. The largest absolute Gasteiger partial charge is 0.252 e. The molecule has 17 heavy (non-hydrogen) atoms. The summed E-state index contributed by atoms with van der Waals surface area (Å²) in [5.74, 6) is 0.937. The van der Waals surface area contributed by atoms with Crippen LogP contribution >= 0.6 is 22.9 Å². The lowest BCUT2D eigenvalue weighted by molar-refractivity contribution is 0.413. The number of thiophene rings is 1. The molecule has 1 aromatic rings. The predicted octanol–water partition coefficient (Wildman–Crippen LogP) is 2.91. The molecule has 0 bridgehead atoms. The molecule has 96 valence electrons. The van der Waals surface area contributed by atoms with E-state index in [4.69, 9.17) is 11.6 Å². The highest BCUT2D eigenvalue weighted by atomic mass is 35.5. The molecule has 0 radical (unpaired) electrons. The summed E-state index contributed by atoms with van der Waals surface area (Å²) in [6, 6.07) is 3.45. The second kappa shape index (κ2) is 5.26. The van der Waals surface area contributed by atoms with Crippen LogP contribution in [0.25, 0.3) is 0 Å². The van der Waals surface area contributed by atoms with Crippen molar-refractivity contribution in [3.8, 4) is 0 Å². The Labute approximate surface area is 111 Å². The van der Waals surface area contributed by atoms with Gasteiger partial charge in [0, 0.05) is 18.0 Å². The van der Waals surface area contributed by atoms with E-state index in [1.165, 1.54) is 11.3 Å². The Balaban J connectivity index is 2.19. The van der Waals surface area contributed by atoms with Gasteiger partial charge in [-0.05, 0) is 30.9 Å². The average Bonchev–Trinajstić information content (AvgIpc) is 2.99. The lowest BCUT2D eigenvalue weighted by atomic mass is 10.4. The van der Waals surface area contributed by atoms with E-state index >= 15 is 0 Å². The van der Waals surface area contributed by atoms with Crippen molar-refractivity contribution in [3.63, 3.8) is 0 Å². The smallest absolute Gasteiger partial charge is 0.206 e. The molecule has 1 heterocycles. The highest BCUT2D eigenvalue weighted by molar-refractivity contribution is 7.91. The zero-order chi connectivity index (χ0) is 12.5. The third-order valence-corrected chi connectivity index (χ3v) is 6.81. The minimum absolute atomic E-state index is 0.370. The summed E-state index contributed by atoms with van der Waals surface area (Å²) in [6.45, 7) is 3.08. The van der Waals surface area contributed by atoms with E-state index in [0.29, 0.717) is 29.1 Å². The van der Waals surface area contributed by atoms with Crippen LogP contribution in [0.15, 0.2) is 16.3 Å². The summed E-state index contributed by atoms with van der Waals surface area (Å²) in [7, 11) is -3.30. The maximum atomic E-state index is 12.3. The molecule has 0 atom stereocenters. The van der Waals surface area contributed by atoms with Gasteiger partial charge in [0.15, 0.2) is 0 Å². The van der Waals surface area contributed by atoms with Gasteiger partial charge in [0.1, 0.15) is 4.21 Å². The fourth-order valence-corrected chi connectivity index (χ4v) is 4.82. The molecule has 1 fully saturated rings. The van der Waals surface area contributed by atoms with Crippen molar-refractivity contribution in [3.05, 3.63) is 17.0 Å². The van der Waals surface area contributed by atoms with Crippen molar-refractivity contribution >= 4 is 33.0 Å². The van der Waals surface area contributed by atoms with Gasteiger partial charge in [-0.2, -0.15) is 4.31 Å². The van der Waals surface area contributed by atoms with Gasteiger partial charge in [-0.25, -0.2) is 8.42 Å². The SMILES string of the molecule is CCN(CC1CC1)S(=O)(=O)c1ccc(CCl)s1. The first-order valence-corrected chi connectivity index (χ1v) is 8.52. The number of nitrogens with zero attached hydrogens (tertiary/aromatic N) is 1. The molecule has 1 aliphatic rings. The maximum absolute atomic E-state index is 12.3. The normalized spacial score (nSPS) is 16.6. The van der Waals surface area contributed by atoms with Crippen molar-refractivity contribution in [2.75, 3.05) is 13.1 Å². The van der Waals surface area contributed by atoms with Crippen molar-refractivity contribution in [1.82, 2.24) is 4.31 Å². The quantitative estimate of drug-likeness (QED) is 0.756. The molecule has 3 nitrogen and oxygen atoms in total.